The zero-order valence-electron chi connectivity index (χ0n) is 9.88. The highest BCUT2D eigenvalue weighted by Gasteiger charge is 2.14. The molecule has 94 valence electrons. The van der Waals surface area contributed by atoms with Gasteiger partial charge in [-0.25, -0.2) is 4.79 Å². The molecular formula is C12H11IN2O2S. The van der Waals surface area contributed by atoms with Crippen molar-refractivity contribution in [2.45, 2.75) is 9.92 Å². The van der Waals surface area contributed by atoms with Gasteiger partial charge >= 0.3 is 5.69 Å². The number of halogens is 1. The van der Waals surface area contributed by atoms with E-state index in [0.29, 0.717) is 8.60 Å². The molecule has 2 rings (SSSR count). The number of hydrogen-bond acceptors (Lipinski definition) is 3. The van der Waals surface area contributed by atoms with Crippen LogP contribution < -0.4 is 11.2 Å². The molecule has 0 aliphatic carbocycles. The lowest BCUT2D eigenvalue weighted by molar-refractivity contribution is 0.626. The zero-order valence-corrected chi connectivity index (χ0v) is 12.9. The first kappa shape index (κ1) is 13.4. The lowest BCUT2D eigenvalue weighted by Crippen LogP contribution is -2.39. The molecule has 0 radical (unpaired) electrons. The van der Waals surface area contributed by atoms with Crippen LogP contribution in [0.25, 0.3) is 0 Å². The minimum atomic E-state index is -0.307. The summed E-state index contributed by atoms with van der Waals surface area (Å²) in [5, 5.41) is 0.676. The highest BCUT2D eigenvalue weighted by molar-refractivity contribution is 14.1. The molecule has 2 aromatic rings. The summed E-state index contributed by atoms with van der Waals surface area (Å²) in [5.41, 5.74) is -0.559. The van der Waals surface area contributed by atoms with Gasteiger partial charge in [-0.2, -0.15) is 0 Å². The summed E-state index contributed by atoms with van der Waals surface area (Å²) in [6.45, 7) is 0. The molecule has 0 aliphatic rings. The maximum absolute atomic E-state index is 11.9. The van der Waals surface area contributed by atoms with Crippen LogP contribution in [0.3, 0.4) is 0 Å². The van der Waals surface area contributed by atoms with E-state index >= 15 is 0 Å². The topological polar surface area (TPSA) is 44.0 Å². The number of benzene rings is 1. The van der Waals surface area contributed by atoms with Crippen molar-refractivity contribution in [3.8, 4) is 0 Å². The second-order valence-electron chi connectivity index (χ2n) is 3.74. The van der Waals surface area contributed by atoms with Gasteiger partial charge in [-0.15, -0.1) is 0 Å². The summed E-state index contributed by atoms with van der Waals surface area (Å²) in [4.78, 5) is 24.7. The van der Waals surface area contributed by atoms with Gasteiger partial charge in [-0.05, 0) is 34.7 Å². The van der Waals surface area contributed by atoms with Crippen LogP contribution in [0.15, 0.2) is 49.8 Å². The van der Waals surface area contributed by atoms with Gasteiger partial charge in [0.05, 0.1) is 0 Å². The third-order valence-corrected chi connectivity index (χ3v) is 5.03. The molecule has 0 spiro atoms. The minimum Gasteiger partial charge on any atom is -0.290 e. The Morgan fingerprint density at radius 3 is 2.28 bits per heavy atom. The van der Waals surface area contributed by atoms with Crippen molar-refractivity contribution in [2.24, 2.45) is 14.1 Å². The fourth-order valence-corrected chi connectivity index (χ4v) is 3.46. The Balaban J connectivity index is 2.59. The fourth-order valence-electron chi connectivity index (χ4n) is 1.50. The van der Waals surface area contributed by atoms with Crippen LogP contribution in [0, 0.1) is 3.57 Å². The average molecular weight is 374 g/mol. The van der Waals surface area contributed by atoms with E-state index in [9.17, 15) is 9.59 Å². The summed E-state index contributed by atoms with van der Waals surface area (Å²) in [5.74, 6) is 0. The molecule has 0 saturated carbocycles. The van der Waals surface area contributed by atoms with E-state index in [1.165, 1.54) is 23.4 Å². The summed E-state index contributed by atoms with van der Waals surface area (Å²) in [6.07, 6.45) is 0. The van der Waals surface area contributed by atoms with E-state index in [4.69, 9.17) is 0 Å². The summed E-state index contributed by atoms with van der Waals surface area (Å²) >= 11 is 3.41. The Labute approximate surface area is 122 Å². The number of aromatic nitrogens is 2. The van der Waals surface area contributed by atoms with E-state index in [1.54, 1.807) is 7.05 Å². The lowest BCUT2D eigenvalue weighted by Gasteiger charge is -2.11. The molecule has 0 amide bonds. The van der Waals surface area contributed by atoms with Crippen molar-refractivity contribution in [3.63, 3.8) is 0 Å². The molecule has 0 bridgehead atoms. The third kappa shape index (κ3) is 2.39. The van der Waals surface area contributed by atoms with Crippen molar-refractivity contribution in [2.75, 3.05) is 0 Å². The van der Waals surface area contributed by atoms with E-state index in [2.05, 4.69) is 0 Å². The van der Waals surface area contributed by atoms with Crippen LogP contribution in [0.5, 0.6) is 0 Å². The van der Waals surface area contributed by atoms with Gasteiger partial charge in [0.1, 0.15) is 8.60 Å². The second kappa shape index (κ2) is 5.31. The molecule has 1 aromatic heterocycles. The highest BCUT2D eigenvalue weighted by Crippen LogP contribution is 2.28. The maximum atomic E-state index is 11.9. The first-order valence-corrected chi connectivity index (χ1v) is 7.10. The first-order chi connectivity index (χ1) is 8.52. The minimum absolute atomic E-state index is 0.253. The fraction of sp³-hybridized carbons (Fsp3) is 0.167. The molecule has 6 heteroatoms. The molecule has 1 heterocycles. The molecule has 0 fully saturated rings. The molecule has 0 atom stereocenters. The molecule has 1 aromatic carbocycles. The van der Waals surface area contributed by atoms with Gasteiger partial charge < -0.3 is 0 Å². The predicted octanol–water partition coefficient (Wildman–Crippen LogP) is 1.84. The van der Waals surface area contributed by atoms with Crippen LogP contribution in [-0.2, 0) is 14.1 Å². The van der Waals surface area contributed by atoms with Crippen molar-refractivity contribution in [3.05, 3.63) is 54.7 Å². The van der Waals surface area contributed by atoms with Crippen molar-refractivity contribution >= 4 is 34.4 Å². The normalized spacial score (nSPS) is 10.6. The Morgan fingerprint density at radius 1 is 1.06 bits per heavy atom. The van der Waals surface area contributed by atoms with Crippen molar-refractivity contribution in [1.29, 1.82) is 0 Å². The number of hydrogen-bond donors (Lipinski definition) is 0. The monoisotopic (exact) mass is 374 g/mol. The summed E-state index contributed by atoms with van der Waals surface area (Å²) in [6, 6.07) is 9.67. The van der Waals surface area contributed by atoms with Crippen LogP contribution in [0.2, 0.25) is 0 Å². The van der Waals surface area contributed by atoms with Gasteiger partial charge in [0.25, 0.3) is 5.56 Å². The second-order valence-corrected chi connectivity index (χ2v) is 5.88. The predicted molar refractivity (Wildman–Crippen MR) is 80.2 cm³/mol. The highest BCUT2D eigenvalue weighted by atomic mass is 127. The molecule has 0 unspecified atom stereocenters. The summed E-state index contributed by atoms with van der Waals surface area (Å²) in [7, 11) is 3.17. The Morgan fingerprint density at radius 2 is 1.67 bits per heavy atom. The van der Waals surface area contributed by atoms with Crippen LogP contribution >= 0.6 is 34.4 Å². The van der Waals surface area contributed by atoms with Gasteiger partial charge in [-0.1, -0.05) is 30.0 Å². The van der Waals surface area contributed by atoms with Crippen LogP contribution in [0.4, 0.5) is 0 Å². The van der Waals surface area contributed by atoms with E-state index in [0.717, 1.165) is 9.46 Å². The smallest absolute Gasteiger partial charge is 0.290 e. The zero-order chi connectivity index (χ0) is 13.3. The molecular weight excluding hydrogens is 363 g/mol. The Kier molecular flexibility index (Phi) is 3.96. The largest absolute Gasteiger partial charge is 0.331 e. The SMILES string of the molecule is Cn1c(Sc2ccccc2)c(I)c(=O)n(C)c1=O. The van der Waals surface area contributed by atoms with E-state index < -0.39 is 0 Å². The lowest BCUT2D eigenvalue weighted by atomic mass is 10.4. The van der Waals surface area contributed by atoms with Gasteiger partial charge in [0.15, 0.2) is 0 Å². The first-order valence-electron chi connectivity index (χ1n) is 5.21. The average Bonchev–Trinajstić information content (AvgIpc) is 2.40. The van der Waals surface area contributed by atoms with Gasteiger partial charge in [0.2, 0.25) is 0 Å². The molecule has 18 heavy (non-hydrogen) atoms. The van der Waals surface area contributed by atoms with E-state index in [-0.39, 0.29) is 11.2 Å². The van der Waals surface area contributed by atoms with Crippen LogP contribution in [0.1, 0.15) is 0 Å². The van der Waals surface area contributed by atoms with Gasteiger partial charge in [-0.3, -0.25) is 13.9 Å². The van der Waals surface area contributed by atoms with E-state index in [1.807, 2.05) is 52.9 Å². The summed E-state index contributed by atoms with van der Waals surface area (Å²) < 4.78 is 3.18. The molecule has 0 saturated heterocycles. The molecule has 4 nitrogen and oxygen atoms in total. The standard InChI is InChI=1S/C12H11IN2O2S/c1-14-10(16)9(13)11(15(2)12(14)17)18-8-6-4-3-5-7-8/h3-7H,1-2H3. The third-order valence-electron chi connectivity index (χ3n) is 2.52. The number of nitrogens with zero attached hydrogens (tertiary/aromatic N) is 2. The molecule has 0 N–H and O–H groups in total. The quantitative estimate of drug-likeness (QED) is 0.595. The Hall–Kier alpha value is -1.02. The van der Waals surface area contributed by atoms with Crippen molar-refractivity contribution in [1.82, 2.24) is 9.13 Å². The van der Waals surface area contributed by atoms with Crippen LogP contribution in [-0.4, -0.2) is 9.13 Å². The maximum Gasteiger partial charge on any atom is 0.331 e. The van der Waals surface area contributed by atoms with Crippen molar-refractivity contribution < 1.29 is 0 Å². The Bertz CT molecular complexity index is 654. The van der Waals surface area contributed by atoms with Gasteiger partial charge in [0, 0.05) is 19.0 Å². The number of rotatable bonds is 2. The molecule has 0 aliphatic heterocycles.